The van der Waals surface area contributed by atoms with E-state index in [1.807, 2.05) is 54.6 Å². The summed E-state index contributed by atoms with van der Waals surface area (Å²) in [5.41, 5.74) is 2.99. The first kappa shape index (κ1) is 17.5. The van der Waals surface area contributed by atoms with E-state index in [4.69, 9.17) is 0 Å². The van der Waals surface area contributed by atoms with Crippen LogP contribution in [0.3, 0.4) is 0 Å². The van der Waals surface area contributed by atoms with E-state index in [9.17, 15) is 14.7 Å². The molecule has 4 nitrogen and oxygen atoms in total. The summed E-state index contributed by atoms with van der Waals surface area (Å²) in [5, 5.41) is 11.8. The summed E-state index contributed by atoms with van der Waals surface area (Å²) in [6.45, 7) is 2.08. The zero-order chi connectivity index (χ0) is 17.4. The van der Waals surface area contributed by atoms with Gasteiger partial charge in [0, 0.05) is 12.5 Å². The smallest absolute Gasteiger partial charge is 0.326 e. The average Bonchev–Trinajstić information content (AvgIpc) is 2.60. The number of carbonyl (C=O) groups is 2. The van der Waals surface area contributed by atoms with E-state index in [2.05, 4.69) is 12.2 Å². The number of nitrogens with one attached hydrogen (secondary N) is 1. The van der Waals surface area contributed by atoms with Crippen molar-refractivity contribution in [2.24, 2.45) is 0 Å². The van der Waals surface area contributed by atoms with Gasteiger partial charge in [-0.1, -0.05) is 61.5 Å². The molecule has 0 saturated heterocycles. The molecule has 2 aromatic rings. The maximum atomic E-state index is 12.0. The maximum absolute atomic E-state index is 12.0. The predicted octanol–water partition coefficient (Wildman–Crippen LogP) is 3.07. The molecule has 0 saturated carbocycles. The number of carbonyl (C=O) groups excluding carboxylic acids is 1. The first-order valence-corrected chi connectivity index (χ1v) is 7.92. The number of benzene rings is 2. The van der Waals surface area contributed by atoms with Crippen LogP contribution in [-0.2, 0) is 22.4 Å². The highest BCUT2D eigenvalue weighted by atomic mass is 16.4. The predicted molar refractivity (Wildman–Crippen MR) is 94.6 cm³/mol. The fourth-order valence-electron chi connectivity index (χ4n) is 2.31. The Morgan fingerprint density at radius 2 is 1.71 bits per heavy atom. The number of carboxylic acids is 1. The molecular weight excluding hydrogens is 302 g/mol. The Morgan fingerprint density at radius 1 is 1.04 bits per heavy atom. The van der Waals surface area contributed by atoms with Gasteiger partial charge in [-0.2, -0.15) is 0 Å². The van der Waals surface area contributed by atoms with Gasteiger partial charge in [0.15, 0.2) is 0 Å². The summed E-state index contributed by atoms with van der Waals surface area (Å²) in [5.74, 6) is -1.47. The number of aliphatic carboxylic acids is 1. The summed E-state index contributed by atoms with van der Waals surface area (Å²) in [7, 11) is 0. The fraction of sp³-hybridized carbons (Fsp3) is 0.200. The molecule has 0 aromatic heterocycles. The number of hydrogen-bond donors (Lipinski definition) is 2. The molecule has 0 heterocycles. The first-order chi connectivity index (χ1) is 11.6. The Labute approximate surface area is 141 Å². The lowest BCUT2D eigenvalue weighted by atomic mass is 10.1. The van der Waals surface area contributed by atoms with E-state index in [0.29, 0.717) is 0 Å². The van der Waals surface area contributed by atoms with E-state index in [1.54, 1.807) is 6.08 Å². The zero-order valence-electron chi connectivity index (χ0n) is 13.6. The van der Waals surface area contributed by atoms with E-state index < -0.39 is 17.9 Å². The zero-order valence-corrected chi connectivity index (χ0v) is 13.6. The van der Waals surface area contributed by atoms with E-state index in [0.717, 1.165) is 17.5 Å². The highest BCUT2D eigenvalue weighted by molar-refractivity contribution is 5.94. The summed E-state index contributed by atoms with van der Waals surface area (Å²) >= 11 is 0. The third kappa shape index (κ3) is 5.39. The molecular formula is C20H21NO3. The van der Waals surface area contributed by atoms with Crippen molar-refractivity contribution in [1.29, 1.82) is 0 Å². The van der Waals surface area contributed by atoms with Gasteiger partial charge in [0.25, 0.3) is 0 Å². The molecule has 2 N–H and O–H groups in total. The van der Waals surface area contributed by atoms with Crippen LogP contribution in [0.4, 0.5) is 0 Å². The minimum atomic E-state index is -1.05. The third-order valence-corrected chi connectivity index (χ3v) is 3.71. The van der Waals surface area contributed by atoms with Crippen molar-refractivity contribution in [3.63, 3.8) is 0 Å². The Kier molecular flexibility index (Phi) is 6.32. The van der Waals surface area contributed by atoms with Gasteiger partial charge >= 0.3 is 5.97 Å². The normalized spacial score (nSPS) is 12.0. The first-order valence-electron chi connectivity index (χ1n) is 7.92. The van der Waals surface area contributed by atoms with Gasteiger partial charge in [-0.3, -0.25) is 4.79 Å². The standard InChI is InChI=1S/C20H21NO3/c1-2-15-8-10-16(11-9-15)12-13-19(22)21-18(20(23)24)14-17-6-4-3-5-7-17/h3-13,18H,2,14H2,1H3,(H,21,22)(H,23,24)/t18-/m0/s1. The van der Waals surface area contributed by atoms with Gasteiger partial charge in [0.05, 0.1) is 0 Å². The summed E-state index contributed by atoms with van der Waals surface area (Å²) < 4.78 is 0. The van der Waals surface area contributed by atoms with Gasteiger partial charge in [0.2, 0.25) is 5.91 Å². The number of rotatable bonds is 7. The van der Waals surface area contributed by atoms with E-state index in [1.165, 1.54) is 11.6 Å². The van der Waals surface area contributed by atoms with Crippen molar-refractivity contribution in [1.82, 2.24) is 5.32 Å². The molecule has 2 rings (SSSR count). The monoisotopic (exact) mass is 323 g/mol. The van der Waals surface area contributed by atoms with Gasteiger partial charge in [-0.25, -0.2) is 4.79 Å². The van der Waals surface area contributed by atoms with Crippen molar-refractivity contribution in [3.05, 3.63) is 77.4 Å². The van der Waals surface area contributed by atoms with Crippen LogP contribution >= 0.6 is 0 Å². The fourth-order valence-corrected chi connectivity index (χ4v) is 2.31. The maximum Gasteiger partial charge on any atom is 0.326 e. The number of aryl methyl sites for hydroxylation is 1. The molecule has 0 radical (unpaired) electrons. The second-order valence-electron chi connectivity index (χ2n) is 5.52. The van der Waals surface area contributed by atoms with Crippen LogP contribution in [0.25, 0.3) is 6.08 Å². The molecule has 0 fully saturated rings. The highest BCUT2D eigenvalue weighted by Crippen LogP contribution is 2.07. The lowest BCUT2D eigenvalue weighted by Crippen LogP contribution is -2.41. The second-order valence-corrected chi connectivity index (χ2v) is 5.52. The molecule has 4 heteroatoms. The van der Waals surface area contributed by atoms with Crippen molar-refractivity contribution >= 4 is 18.0 Å². The SMILES string of the molecule is CCc1ccc(C=CC(=O)N[C@@H](Cc2ccccc2)C(=O)O)cc1. The van der Waals surface area contributed by atoms with Crippen LogP contribution in [0.1, 0.15) is 23.6 Å². The molecule has 1 atom stereocenters. The van der Waals surface area contributed by atoms with Gasteiger partial charge in [-0.05, 0) is 29.2 Å². The van der Waals surface area contributed by atoms with Crippen LogP contribution in [0.2, 0.25) is 0 Å². The van der Waals surface area contributed by atoms with Crippen LogP contribution in [0.5, 0.6) is 0 Å². The molecule has 0 bridgehead atoms. The third-order valence-electron chi connectivity index (χ3n) is 3.71. The average molecular weight is 323 g/mol. The second kappa shape index (κ2) is 8.67. The summed E-state index contributed by atoms with van der Waals surface area (Å²) in [4.78, 5) is 23.3. The number of amides is 1. The van der Waals surface area contributed by atoms with Crippen LogP contribution in [0.15, 0.2) is 60.7 Å². The molecule has 24 heavy (non-hydrogen) atoms. The lowest BCUT2D eigenvalue weighted by molar-refractivity contribution is -0.141. The van der Waals surface area contributed by atoms with Crippen molar-refractivity contribution in [2.45, 2.75) is 25.8 Å². The molecule has 124 valence electrons. The Balaban J connectivity index is 1.97. The van der Waals surface area contributed by atoms with Crippen LogP contribution < -0.4 is 5.32 Å². The van der Waals surface area contributed by atoms with Gasteiger partial charge in [0.1, 0.15) is 6.04 Å². The topological polar surface area (TPSA) is 66.4 Å². The van der Waals surface area contributed by atoms with Crippen molar-refractivity contribution in [2.75, 3.05) is 0 Å². The largest absolute Gasteiger partial charge is 0.480 e. The molecule has 1 amide bonds. The highest BCUT2D eigenvalue weighted by Gasteiger charge is 2.19. The lowest BCUT2D eigenvalue weighted by Gasteiger charge is -2.13. The Hall–Kier alpha value is -2.88. The quantitative estimate of drug-likeness (QED) is 0.770. The molecule has 2 aromatic carbocycles. The molecule has 0 aliphatic rings. The van der Waals surface area contributed by atoms with Crippen molar-refractivity contribution in [3.8, 4) is 0 Å². The Bertz CT molecular complexity index is 705. The summed E-state index contributed by atoms with van der Waals surface area (Å²) in [6, 6.07) is 16.2. The van der Waals surface area contributed by atoms with Gasteiger partial charge < -0.3 is 10.4 Å². The van der Waals surface area contributed by atoms with Gasteiger partial charge in [-0.15, -0.1) is 0 Å². The van der Waals surface area contributed by atoms with E-state index in [-0.39, 0.29) is 6.42 Å². The molecule has 0 unspecified atom stereocenters. The Morgan fingerprint density at radius 3 is 2.29 bits per heavy atom. The summed E-state index contributed by atoms with van der Waals surface area (Å²) in [6.07, 6.45) is 4.25. The van der Waals surface area contributed by atoms with Crippen LogP contribution in [-0.4, -0.2) is 23.0 Å². The number of carboxylic acid groups (broad SMARTS) is 1. The number of hydrogen-bond acceptors (Lipinski definition) is 2. The molecule has 0 spiro atoms. The van der Waals surface area contributed by atoms with Crippen LogP contribution in [0, 0.1) is 0 Å². The molecule has 0 aliphatic heterocycles. The molecule has 0 aliphatic carbocycles. The van der Waals surface area contributed by atoms with E-state index >= 15 is 0 Å². The minimum absolute atomic E-state index is 0.251. The minimum Gasteiger partial charge on any atom is -0.480 e. The van der Waals surface area contributed by atoms with Crippen molar-refractivity contribution < 1.29 is 14.7 Å².